The summed E-state index contributed by atoms with van der Waals surface area (Å²) in [6, 6.07) is -0.492. The Balaban J connectivity index is 2.86. The summed E-state index contributed by atoms with van der Waals surface area (Å²) in [4.78, 5) is 59.5. The zero-order chi connectivity index (χ0) is 26.0. The molecule has 0 aliphatic heterocycles. The Morgan fingerprint density at radius 3 is 1.91 bits per heavy atom. The largest absolute Gasteiger partial charge is 0.508 e. The zero-order valence-corrected chi connectivity index (χ0v) is 18.2. The lowest BCUT2D eigenvalue weighted by atomic mass is 10.0. The second-order valence-corrected chi connectivity index (χ2v) is 7.44. The van der Waals surface area contributed by atoms with Gasteiger partial charge in [0.05, 0.1) is 25.2 Å². The highest BCUT2D eigenvalue weighted by Crippen LogP contribution is 2.11. The van der Waals surface area contributed by atoms with Crippen LogP contribution in [0.1, 0.15) is 18.9 Å². The summed E-state index contributed by atoms with van der Waals surface area (Å²) in [5.74, 6) is -6.20. The number of aliphatic hydroxyl groups excluding tert-OH is 2. The molecule has 0 heterocycles. The quantitative estimate of drug-likeness (QED) is 0.134. The second kappa shape index (κ2) is 13.1. The molecule has 0 spiro atoms. The van der Waals surface area contributed by atoms with Gasteiger partial charge in [-0.15, -0.1) is 0 Å². The van der Waals surface area contributed by atoms with Crippen molar-refractivity contribution in [3.63, 3.8) is 0 Å². The van der Waals surface area contributed by atoms with E-state index in [0.29, 0.717) is 5.56 Å². The van der Waals surface area contributed by atoms with Crippen molar-refractivity contribution in [1.82, 2.24) is 16.0 Å². The van der Waals surface area contributed by atoms with Crippen LogP contribution >= 0.6 is 0 Å². The molecule has 0 radical (unpaired) electrons. The predicted octanol–water partition coefficient (Wildman–Crippen LogP) is -3.35. The van der Waals surface area contributed by atoms with Gasteiger partial charge in [-0.25, -0.2) is 4.79 Å². The third kappa shape index (κ3) is 9.01. The molecule has 0 aromatic heterocycles. The van der Waals surface area contributed by atoms with E-state index in [4.69, 9.17) is 15.9 Å². The van der Waals surface area contributed by atoms with Gasteiger partial charge in [-0.3, -0.25) is 19.2 Å². The maximum absolute atomic E-state index is 12.5. The molecule has 5 atom stereocenters. The lowest BCUT2D eigenvalue weighted by molar-refractivity contribution is -0.146. The van der Waals surface area contributed by atoms with Gasteiger partial charge >= 0.3 is 11.9 Å². The smallest absolute Gasteiger partial charge is 0.328 e. The number of carboxylic acid groups (broad SMARTS) is 2. The van der Waals surface area contributed by atoms with E-state index in [1.165, 1.54) is 24.3 Å². The maximum Gasteiger partial charge on any atom is 0.328 e. The SMILES string of the molecule is CC(O)C(NC(=O)C(CO)NC(=O)C(CC(=O)O)NC(=O)C(N)Cc1ccc(O)cc1)C(=O)O. The average molecular weight is 484 g/mol. The summed E-state index contributed by atoms with van der Waals surface area (Å²) in [7, 11) is 0. The molecule has 3 amide bonds. The van der Waals surface area contributed by atoms with E-state index in [2.05, 4.69) is 5.32 Å². The van der Waals surface area contributed by atoms with E-state index in [0.717, 1.165) is 6.92 Å². The van der Waals surface area contributed by atoms with Crippen molar-refractivity contribution in [1.29, 1.82) is 0 Å². The molecule has 0 aliphatic rings. The molecule has 10 N–H and O–H groups in total. The lowest BCUT2D eigenvalue weighted by Crippen LogP contribution is -2.59. The van der Waals surface area contributed by atoms with Crippen molar-refractivity contribution < 1.29 is 49.5 Å². The van der Waals surface area contributed by atoms with Gasteiger partial charge in [-0.05, 0) is 31.0 Å². The molecule has 14 heteroatoms. The van der Waals surface area contributed by atoms with Crippen LogP contribution in [-0.4, -0.2) is 92.1 Å². The Morgan fingerprint density at radius 1 is 0.912 bits per heavy atom. The highest BCUT2D eigenvalue weighted by Gasteiger charge is 2.32. The van der Waals surface area contributed by atoms with Crippen LogP contribution in [0.3, 0.4) is 0 Å². The summed E-state index contributed by atoms with van der Waals surface area (Å²) in [5, 5.41) is 52.4. The van der Waals surface area contributed by atoms with Crippen LogP contribution in [0, 0.1) is 0 Å². The number of nitrogens with two attached hydrogens (primary N) is 1. The van der Waals surface area contributed by atoms with Gasteiger partial charge < -0.3 is 47.2 Å². The van der Waals surface area contributed by atoms with Gasteiger partial charge in [0.2, 0.25) is 17.7 Å². The number of phenolic OH excluding ortho intramolecular Hbond substituents is 1. The Bertz CT molecular complexity index is 890. The van der Waals surface area contributed by atoms with E-state index < -0.39 is 73.0 Å². The third-order valence-corrected chi connectivity index (χ3v) is 4.60. The molecule has 5 unspecified atom stereocenters. The fourth-order valence-corrected chi connectivity index (χ4v) is 2.75. The number of carboxylic acids is 2. The molecule has 1 aromatic rings. The zero-order valence-electron chi connectivity index (χ0n) is 18.2. The first-order valence-corrected chi connectivity index (χ1v) is 10.0. The second-order valence-electron chi connectivity index (χ2n) is 7.44. The molecule has 1 rings (SSSR count). The summed E-state index contributed by atoms with van der Waals surface area (Å²) in [6.45, 7) is 0.114. The summed E-state index contributed by atoms with van der Waals surface area (Å²) < 4.78 is 0. The van der Waals surface area contributed by atoms with Crippen molar-refractivity contribution in [3.8, 4) is 5.75 Å². The van der Waals surface area contributed by atoms with Crippen LogP contribution in [0.4, 0.5) is 0 Å². The first-order valence-electron chi connectivity index (χ1n) is 10.0. The number of aliphatic hydroxyl groups is 2. The van der Waals surface area contributed by atoms with Crippen LogP contribution in [0.15, 0.2) is 24.3 Å². The van der Waals surface area contributed by atoms with Crippen molar-refractivity contribution in [2.45, 2.75) is 50.0 Å². The van der Waals surface area contributed by atoms with Crippen LogP contribution in [0.25, 0.3) is 0 Å². The standard InChI is InChI=1S/C20H28N4O10/c1-9(26)16(20(33)34)24-19(32)14(8-25)23-18(31)13(7-15(28)29)22-17(30)12(21)6-10-2-4-11(27)5-3-10/h2-5,9,12-14,16,25-27H,6-8,21H2,1H3,(H,22,30)(H,23,31)(H,24,32)(H,28,29)(H,33,34). The molecule has 0 aliphatic carbocycles. The number of hydrogen-bond acceptors (Lipinski definition) is 9. The molecule has 14 nitrogen and oxygen atoms in total. The molecule has 1 aromatic carbocycles. The fourth-order valence-electron chi connectivity index (χ4n) is 2.75. The first kappa shape index (κ1) is 28.3. The van der Waals surface area contributed by atoms with Crippen LogP contribution in [-0.2, 0) is 30.4 Å². The van der Waals surface area contributed by atoms with Gasteiger partial charge in [0, 0.05) is 0 Å². The van der Waals surface area contributed by atoms with Gasteiger partial charge in [0.25, 0.3) is 0 Å². The minimum absolute atomic E-state index is 0.00508. The van der Waals surface area contributed by atoms with Gasteiger partial charge in [0.15, 0.2) is 6.04 Å². The summed E-state index contributed by atoms with van der Waals surface area (Å²) in [6.07, 6.45) is -2.37. The molecule has 188 valence electrons. The van der Waals surface area contributed by atoms with E-state index in [-0.39, 0.29) is 12.2 Å². The number of phenols is 1. The number of benzene rings is 1. The predicted molar refractivity (Wildman–Crippen MR) is 114 cm³/mol. The van der Waals surface area contributed by atoms with Crippen LogP contribution in [0.5, 0.6) is 5.75 Å². The van der Waals surface area contributed by atoms with Gasteiger partial charge in [0.1, 0.15) is 17.8 Å². The Labute approximate surface area is 193 Å². The van der Waals surface area contributed by atoms with E-state index in [1.54, 1.807) is 0 Å². The van der Waals surface area contributed by atoms with E-state index >= 15 is 0 Å². The third-order valence-electron chi connectivity index (χ3n) is 4.60. The lowest BCUT2D eigenvalue weighted by Gasteiger charge is -2.24. The Kier molecular flexibility index (Phi) is 10.9. The number of carbonyl (C=O) groups is 5. The average Bonchev–Trinajstić information content (AvgIpc) is 2.75. The maximum atomic E-state index is 12.5. The number of hydrogen-bond donors (Lipinski definition) is 9. The number of amides is 3. The Morgan fingerprint density at radius 2 is 1.44 bits per heavy atom. The number of carbonyl (C=O) groups excluding carboxylic acids is 3. The monoisotopic (exact) mass is 484 g/mol. The molecular formula is C20H28N4O10. The Hall–Kier alpha value is -3.75. The minimum atomic E-state index is -1.73. The summed E-state index contributed by atoms with van der Waals surface area (Å²) in [5.41, 5.74) is 6.40. The number of aliphatic carboxylic acids is 2. The van der Waals surface area contributed by atoms with E-state index in [1.807, 2.05) is 10.6 Å². The normalized spacial score (nSPS) is 15.2. The van der Waals surface area contributed by atoms with Gasteiger partial charge in [-0.2, -0.15) is 0 Å². The van der Waals surface area contributed by atoms with Crippen molar-refractivity contribution in [2.75, 3.05) is 6.61 Å². The molecule has 0 saturated heterocycles. The first-order chi connectivity index (χ1) is 15.8. The van der Waals surface area contributed by atoms with Crippen LogP contribution < -0.4 is 21.7 Å². The van der Waals surface area contributed by atoms with Crippen LogP contribution in [0.2, 0.25) is 0 Å². The summed E-state index contributed by atoms with van der Waals surface area (Å²) >= 11 is 0. The van der Waals surface area contributed by atoms with Crippen molar-refractivity contribution in [3.05, 3.63) is 29.8 Å². The number of rotatable bonds is 13. The molecule has 34 heavy (non-hydrogen) atoms. The molecule has 0 bridgehead atoms. The number of nitrogens with one attached hydrogen (secondary N) is 3. The fraction of sp³-hybridized carbons (Fsp3) is 0.450. The molecule has 0 saturated carbocycles. The number of aromatic hydroxyl groups is 1. The minimum Gasteiger partial charge on any atom is -0.508 e. The highest BCUT2D eigenvalue weighted by molar-refractivity contribution is 5.95. The topological polar surface area (TPSA) is 249 Å². The molecule has 0 fully saturated rings. The van der Waals surface area contributed by atoms with Gasteiger partial charge in [-0.1, -0.05) is 12.1 Å². The highest BCUT2D eigenvalue weighted by atomic mass is 16.4. The van der Waals surface area contributed by atoms with Crippen molar-refractivity contribution >= 4 is 29.7 Å². The molecular weight excluding hydrogens is 456 g/mol. The van der Waals surface area contributed by atoms with Crippen molar-refractivity contribution in [2.24, 2.45) is 5.73 Å². The van der Waals surface area contributed by atoms with E-state index in [9.17, 15) is 39.3 Å².